The molecule has 2 aromatic rings. The molecule has 2 aliphatic rings. The molecule has 2 aliphatic heterocycles. The summed E-state index contributed by atoms with van der Waals surface area (Å²) >= 11 is 0. The summed E-state index contributed by atoms with van der Waals surface area (Å²) in [6.45, 7) is 31.6. The van der Waals surface area contributed by atoms with Crippen molar-refractivity contribution in [2.45, 2.75) is 75.3 Å². The second-order valence-corrected chi connectivity index (χ2v) is 10.9. The van der Waals surface area contributed by atoms with Gasteiger partial charge in [0.05, 0.1) is 25.6 Å². The number of phenols is 1. The largest absolute Gasteiger partial charge is 0.507 e. The fourth-order valence-electron chi connectivity index (χ4n) is 4.68. The van der Waals surface area contributed by atoms with Crippen LogP contribution in [0.2, 0.25) is 0 Å². The lowest BCUT2D eigenvalue weighted by molar-refractivity contribution is 0.122. The zero-order valence-electron chi connectivity index (χ0n) is 32.2. The van der Waals surface area contributed by atoms with Gasteiger partial charge in [0.1, 0.15) is 5.75 Å². The highest BCUT2D eigenvalue weighted by Gasteiger charge is 2.18. The van der Waals surface area contributed by atoms with Crippen LogP contribution in [0.15, 0.2) is 59.9 Å². The molecule has 0 radical (unpaired) electrons. The molecule has 0 saturated carbocycles. The number of aromatic nitrogens is 2. The third-order valence-corrected chi connectivity index (χ3v) is 6.90. The highest BCUT2D eigenvalue weighted by atomic mass is 19.1. The number of halogens is 1. The van der Waals surface area contributed by atoms with Crippen LogP contribution in [-0.4, -0.2) is 103 Å². The van der Waals surface area contributed by atoms with Crippen LogP contribution in [0, 0.1) is 12.7 Å². The van der Waals surface area contributed by atoms with E-state index in [9.17, 15) is 9.50 Å². The van der Waals surface area contributed by atoms with Gasteiger partial charge in [0.2, 0.25) is 5.95 Å². The molecule has 0 aliphatic carbocycles. The number of benzene rings is 1. The Morgan fingerprint density at radius 2 is 1.69 bits per heavy atom. The van der Waals surface area contributed by atoms with Crippen molar-refractivity contribution in [1.29, 1.82) is 0 Å². The molecule has 4 rings (SSSR count). The second-order valence-electron chi connectivity index (χ2n) is 10.9. The first kappa shape index (κ1) is 45.2. The summed E-state index contributed by atoms with van der Waals surface area (Å²) in [6.07, 6.45) is 10.8. The molecule has 276 valence electrons. The van der Waals surface area contributed by atoms with E-state index in [2.05, 4.69) is 74.4 Å². The van der Waals surface area contributed by atoms with E-state index >= 15 is 0 Å². The van der Waals surface area contributed by atoms with Crippen molar-refractivity contribution in [3.05, 3.63) is 71.7 Å². The summed E-state index contributed by atoms with van der Waals surface area (Å²) in [5.74, 6) is 0.0516. The number of morpholine rings is 1. The van der Waals surface area contributed by atoms with Gasteiger partial charge in [0.25, 0.3) is 0 Å². The minimum Gasteiger partial charge on any atom is -0.507 e. The third kappa shape index (κ3) is 17.4. The maximum absolute atomic E-state index is 14.1. The van der Waals surface area contributed by atoms with Crippen LogP contribution in [0.25, 0.3) is 0 Å². The third-order valence-electron chi connectivity index (χ3n) is 6.90. The Bertz CT molecular complexity index is 1270. The zero-order chi connectivity index (χ0) is 37.2. The Morgan fingerprint density at radius 3 is 2.27 bits per heavy atom. The normalized spacial score (nSPS) is 15.2. The van der Waals surface area contributed by atoms with Gasteiger partial charge < -0.3 is 25.0 Å². The van der Waals surface area contributed by atoms with E-state index in [4.69, 9.17) is 4.74 Å². The number of hydrogen-bond acceptors (Lipinski definition) is 10. The number of ether oxygens (including phenoxy) is 1. The summed E-state index contributed by atoms with van der Waals surface area (Å²) in [5.41, 5.74) is 6.21. The summed E-state index contributed by atoms with van der Waals surface area (Å²) < 4.78 is 19.4. The minimum atomic E-state index is -0.489. The van der Waals surface area contributed by atoms with Crippen molar-refractivity contribution in [2.24, 2.45) is 5.10 Å². The molecular formula is C38H65FN8O2. The van der Waals surface area contributed by atoms with Crippen molar-refractivity contribution < 1.29 is 14.2 Å². The second kappa shape index (κ2) is 27.1. The van der Waals surface area contributed by atoms with Gasteiger partial charge in [-0.15, -0.1) is 0 Å². The monoisotopic (exact) mass is 685 g/mol. The molecule has 1 aromatic carbocycles. The number of likely N-dealkylation sites (N-methyl/N-ethyl adjacent to an activating group) is 1. The van der Waals surface area contributed by atoms with Crippen LogP contribution >= 0.6 is 0 Å². The summed E-state index contributed by atoms with van der Waals surface area (Å²) in [5, 5.41) is 17.7. The van der Waals surface area contributed by atoms with Gasteiger partial charge >= 0.3 is 0 Å². The SMILES string of the molecule is C=C/C=C(\C=C/C)CN1CCN(C)CC1.CC.CC.CC.Cc1cc(NC(C)C)cc(/C=N/Nc2ncc(F)c(N3CCOCC3)n2)c1O. The predicted molar refractivity (Wildman–Crippen MR) is 209 cm³/mol. The lowest BCUT2D eigenvalue weighted by Gasteiger charge is -2.32. The van der Waals surface area contributed by atoms with Crippen LogP contribution in [0.4, 0.5) is 21.8 Å². The number of rotatable bonds is 10. The number of aryl methyl sites for hydroxylation is 1. The molecule has 3 N–H and O–H groups in total. The van der Waals surface area contributed by atoms with Crippen molar-refractivity contribution in [3.8, 4) is 5.75 Å². The average Bonchev–Trinajstić information content (AvgIpc) is 3.12. The van der Waals surface area contributed by atoms with E-state index in [0.29, 0.717) is 31.9 Å². The molecule has 2 saturated heterocycles. The maximum Gasteiger partial charge on any atom is 0.245 e. The number of phenolic OH excluding ortho intramolecular Hbond substituents is 1. The van der Waals surface area contributed by atoms with E-state index < -0.39 is 5.82 Å². The first-order valence-corrected chi connectivity index (χ1v) is 17.8. The lowest BCUT2D eigenvalue weighted by Crippen LogP contribution is -2.44. The van der Waals surface area contributed by atoms with Crippen molar-refractivity contribution in [2.75, 3.05) is 81.7 Å². The van der Waals surface area contributed by atoms with Gasteiger partial charge in [-0.25, -0.2) is 14.8 Å². The van der Waals surface area contributed by atoms with Gasteiger partial charge in [-0.05, 0) is 58.0 Å². The predicted octanol–water partition coefficient (Wildman–Crippen LogP) is 7.73. The lowest BCUT2D eigenvalue weighted by atomic mass is 10.1. The van der Waals surface area contributed by atoms with E-state index in [1.165, 1.54) is 38.0 Å². The summed E-state index contributed by atoms with van der Waals surface area (Å²) in [6, 6.07) is 3.94. The fourth-order valence-corrected chi connectivity index (χ4v) is 4.68. The van der Waals surface area contributed by atoms with Gasteiger partial charge in [-0.3, -0.25) is 4.90 Å². The molecule has 11 heteroatoms. The Hall–Kier alpha value is -3.80. The molecule has 0 spiro atoms. The average molecular weight is 685 g/mol. The topological polar surface area (TPSA) is 101 Å². The Labute approximate surface area is 296 Å². The first-order valence-electron chi connectivity index (χ1n) is 17.8. The fraction of sp³-hybridized carbons (Fsp3) is 0.553. The standard InChI is InChI=1S/C19H25FN6O2.C13H22N2.3C2H6/c1-12(2)23-15-8-13(3)17(27)14(9-15)10-22-25-19-21-11-16(20)18(24-19)26-4-6-28-7-5-26;1-4-6-13(7-5-2)12-15-10-8-14(3)9-11-15;3*1-2/h8-12,23,27H,4-7H2,1-3H3,(H,21,24,25);4-7H,1,8-12H2,2-3H3;3*1-2H3/b22-10+;7-5-,13-6+;;;. The zero-order valence-corrected chi connectivity index (χ0v) is 32.2. The Kier molecular flexibility index (Phi) is 25.0. The van der Waals surface area contributed by atoms with Crippen LogP contribution in [0.5, 0.6) is 5.75 Å². The number of hydrazone groups is 1. The van der Waals surface area contributed by atoms with E-state index in [-0.39, 0.29) is 23.6 Å². The number of allylic oxidation sites excluding steroid dienone is 3. The smallest absolute Gasteiger partial charge is 0.245 e. The van der Waals surface area contributed by atoms with Gasteiger partial charge in [-0.1, -0.05) is 72.4 Å². The molecule has 0 amide bonds. The molecule has 49 heavy (non-hydrogen) atoms. The van der Waals surface area contributed by atoms with Crippen LogP contribution in [0.3, 0.4) is 0 Å². The van der Waals surface area contributed by atoms with Gasteiger partial charge in [0.15, 0.2) is 11.6 Å². The van der Waals surface area contributed by atoms with Gasteiger partial charge in [0, 0.05) is 63.1 Å². The van der Waals surface area contributed by atoms with Crippen LogP contribution in [-0.2, 0) is 4.74 Å². The first-order chi connectivity index (χ1) is 23.7. The number of hydrogen-bond donors (Lipinski definition) is 3. The Morgan fingerprint density at radius 1 is 1.06 bits per heavy atom. The van der Waals surface area contributed by atoms with Gasteiger partial charge in [-0.2, -0.15) is 10.1 Å². The van der Waals surface area contributed by atoms with E-state index in [1.54, 1.807) is 6.07 Å². The molecule has 0 bridgehead atoms. The molecule has 10 nitrogen and oxygen atoms in total. The van der Waals surface area contributed by atoms with Crippen molar-refractivity contribution in [3.63, 3.8) is 0 Å². The molecular weight excluding hydrogens is 619 g/mol. The molecule has 2 fully saturated rings. The number of nitrogens with one attached hydrogen (secondary N) is 2. The Balaban J connectivity index is 0.000000928. The van der Waals surface area contributed by atoms with E-state index in [1.807, 2.05) is 79.4 Å². The highest BCUT2D eigenvalue weighted by molar-refractivity contribution is 5.86. The van der Waals surface area contributed by atoms with Crippen LogP contribution < -0.4 is 15.6 Å². The number of nitrogens with zero attached hydrogens (tertiary/aromatic N) is 6. The van der Waals surface area contributed by atoms with Crippen molar-refractivity contribution >= 4 is 23.7 Å². The number of anilines is 3. The van der Waals surface area contributed by atoms with Crippen molar-refractivity contribution in [1.82, 2.24) is 19.8 Å². The summed E-state index contributed by atoms with van der Waals surface area (Å²) in [4.78, 5) is 14.8. The minimum absolute atomic E-state index is 0.147. The van der Waals surface area contributed by atoms with E-state index in [0.717, 1.165) is 24.0 Å². The highest BCUT2D eigenvalue weighted by Crippen LogP contribution is 2.26. The number of aromatic hydroxyl groups is 1. The summed E-state index contributed by atoms with van der Waals surface area (Å²) in [7, 11) is 2.18. The molecule has 3 heterocycles. The quantitative estimate of drug-likeness (QED) is 0.100. The molecule has 1 aromatic heterocycles. The van der Waals surface area contributed by atoms with Crippen LogP contribution in [0.1, 0.15) is 73.4 Å². The molecule has 0 unspecified atom stereocenters. The number of piperazine rings is 1. The maximum atomic E-state index is 14.1. The molecule has 0 atom stereocenters.